The van der Waals surface area contributed by atoms with Crippen LogP contribution in [0.3, 0.4) is 0 Å². The lowest BCUT2D eigenvalue weighted by Crippen LogP contribution is -2.17. The Bertz CT molecular complexity index is 1680. The van der Waals surface area contributed by atoms with E-state index in [1.165, 1.54) is 23.9 Å². The first-order valence-electron chi connectivity index (χ1n) is 11.4. The summed E-state index contributed by atoms with van der Waals surface area (Å²) in [5.41, 5.74) is 7.86. The Morgan fingerprint density at radius 3 is 2.43 bits per heavy atom. The fraction of sp³-hybridized carbons (Fsp3) is 0.107. The zero-order chi connectivity index (χ0) is 26.3. The molecule has 0 spiro atoms. The fourth-order valence-corrected chi connectivity index (χ4v) is 4.35. The van der Waals surface area contributed by atoms with E-state index in [0.717, 1.165) is 16.7 Å². The SMILES string of the molecule is Cc1c(Oc2ccc3c(c2)c(=O)ncn3[C@H](C)c2c(F)cc(F)cc2F)cccc1-c1ccc(N)nc1. The summed E-state index contributed by atoms with van der Waals surface area (Å²) >= 11 is 0. The summed E-state index contributed by atoms with van der Waals surface area (Å²) in [4.78, 5) is 20.6. The van der Waals surface area contributed by atoms with Crippen LogP contribution in [-0.4, -0.2) is 14.5 Å². The Balaban J connectivity index is 1.53. The van der Waals surface area contributed by atoms with Crippen LogP contribution in [0, 0.1) is 24.4 Å². The van der Waals surface area contributed by atoms with Crippen LogP contribution in [0.15, 0.2) is 78.0 Å². The van der Waals surface area contributed by atoms with Crippen LogP contribution in [-0.2, 0) is 0 Å². The van der Waals surface area contributed by atoms with Crippen LogP contribution in [0.2, 0.25) is 0 Å². The number of aromatic nitrogens is 3. The summed E-state index contributed by atoms with van der Waals surface area (Å²) in [5.74, 6) is -1.69. The van der Waals surface area contributed by atoms with Crippen LogP contribution in [0.1, 0.15) is 24.1 Å². The molecular formula is C28H21F3N4O2. The summed E-state index contributed by atoms with van der Waals surface area (Å²) in [7, 11) is 0. The van der Waals surface area contributed by atoms with Gasteiger partial charge in [0.1, 0.15) is 34.8 Å². The average Bonchev–Trinajstić information content (AvgIpc) is 2.86. The van der Waals surface area contributed by atoms with E-state index in [0.29, 0.717) is 35.0 Å². The molecule has 1 atom stereocenters. The molecule has 2 N–H and O–H groups in total. The van der Waals surface area contributed by atoms with Crippen molar-refractivity contribution in [1.82, 2.24) is 14.5 Å². The molecule has 9 heteroatoms. The third-order valence-corrected chi connectivity index (χ3v) is 6.26. The van der Waals surface area contributed by atoms with Gasteiger partial charge in [0.2, 0.25) is 0 Å². The van der Waals surface area contributed by atoms with Crippen LogP contribution in [0.4, 0.5) is 19.0 Å². The average molecular weight is 502 g/mol. The van der Waals surface area contributed by atoms with Crippen molar-refractivity contribution in [2.24, 2.45) is 0 Å². The maximum absolute atomic E-state index is 14.4. The number of fused-ring (bicyclic) bond motifs is 1. The van der Waals surface area contributed by atoms with Crippen LogP contribution in [0.5, 0.6) is 11.5 Å². The molecule has 0 bridgehead atoms. The van der Waals surface area contributed by atoms with Crippen LogP contribution < -0.4 is 16.0 Å². The van der Waals surface area contributed by atoms with Crippen molar-refractivity contribution in [1.29, 1.82) is 0 Å². The third-order valence-electron chi connectivity index (χ3n) is 6.26. The molecule has 0 amide bonds. The highest BCUT2D eigenvalue weighted by Gasteiger charge is 2.21. The standard InChI is InChI=1S/C28H21F3N4O2/c1-15-20(17-6-9-26(32)33-13-17)4-3-5-25(15)37-19-7-8-24-21(12-19)28(36)34-14-35(24)16(2)27-22(30)10-18(29)11-23(27)31/h3-14,16H,1-2H3,(H2,32,33)/t16-/m1/s1. The van der Waals surface area contributed by atoms with Crippen molar-refractivity contribution >= 4 is 16.7 Å². The normalized spacial score (nSPS) is 12.0. The molecule has 186 valence electrons. The highest BCUT2D eigenvalue weighted by atomic mass is 19.1. The molecule has 2 heterocycles. The lowest BCUT2D eigenvalue weighted by molar-refractivity contribution is 0.479. The number of ether oxygens (including phenoxy) is 1. The monoisotopic (exact) mass is 502 g/mol. The molecule has 0 radical (unpaired) electrons. The minimum Gasteiger partial charge on any atom is -0.457 e. The summed E-state index contributed by atoms with van der Waals surface area (Å²) in [6.45, 7) is 3.44. The lowest BCUT2D eigenvalue weighted by Gasteiger charge is -2.20. The number of pyridine rings is 1. The van der Waals surface area contributed by atoms with E-state index in [2.05, 4.69) is 9.97 Å². The van der Waals surface area contributed by atoms with Gasteiger partial charge in [0, 0.05) is 29.5 Å². The summed E-state index contributed by atoms with van der Waals surface area (Å²) in [6.07, 6.45) is 2.89. The van der Waals surface area contributed by atoms with Gasteiger partial charge in [-0.15, -0.1) is 0 Å². The molecule has 0 unspecified atom stereocenters. The first-order chi connectivity index (χ1) is 17.7. The van der Waals surface area contributed by atoms with Crippen molar-refractivity contribution in [2.75, 3.05) is 5.73 Å². The van der Waals surface area contributed by atoms with Crippen molar-refractivity contribution in [2.45, 2.75) is 19.9 Å². The van der Waals surface area contributed by atoms with E-state index in [9.17, 15) is 18.0 Å². The summed E-state index contributed by atoms with van der Waals surface area (Å²) in [5, 5.41) is 0.200. The minimum absolute atomic E-state index is 0.200. The van der Waals surface area contributed by atoms with Gasteiger partial charge in [0.05, 0.1) is 23.3 Å². The topological polar surface area (TPSA) is 83.0 Å². The van der Waals surface area contributed by atoms with Gasteiger partial charge in [-0.1, -0.05) is 12.1 Å². The molecule has 6 nitrogen and oxygen atoms in total. The third kappa shape index (κ3) is 4.51. The van der Waals surface area contributed by atoms with Gasteiger partial charge in [0.15, 0.2) is 0 Å². The number of nitrogens with two attached hydrogens (primary N) is 1. The second-order valence-corrected chi connectivity index (χ2v) is 8.60. The van der Waals surface area contributed by atoms with Gasteiger partial charge in [-0.05, 0) is 61.4 Å². The van der Waals surface area contributed by atoms with Crippen LogP contribution in [0.25, 0.3) is 22.0 Å². The maximum Gasteiger partial charge on any atom is 0.280 e. The largest absolute Gasteiger partial charge is 0.457 e. The van der Waals surface area contributed by atoms with E-state index in [1.807, 2.05) is 25.1 Å². The smallest absolute Gasteiger partial charge is 0.280 e. The highest BCUT2D eigenvalue weighted by Crippen LogP contribution is 2.34. The predicted octanol–water partition coefficient (Wildman–Crippen LogP) is 6.17. The molecule has 0 aliphatic rings. The van der Waals surface area contributed by atoms with E-state index in [-0.39, 0.29) is 10.9 Å². The zero-order valence-corrected chi connectivity index (χ0v) is 19.9. The van der Waals surface area contributed by atoms with Gasteiger partial charge in [-0.2, -0.15) is 4.98 Å². The lowest BCUT2D eigenvalue weighted by atomic mass is 10.0. The minimum atomic E-state index is -1.02. The number of halogens is 3. The van der Waals surface area contributed by atoms with Gasteiger partial charge >= 0.3 is 0 Å². The Morgan fingerprint density at radius 2 is 1.73 bits per heavy atom. The highest BCUT2D eigenvalue weighted by molar-refractivity contribution is 5.80. The van der Waals surface area contributed by atoms with E-state index >= 15 is 0 Å². The molecule has 0 fully saturated rings. The quantitative estimate of drug-likeness (QED) is 0.311. The molecule has 2 aromatic heterocycles. The van der Waals surface area contributed by atoms with Gasteiger partial charge < -0.3 is 15.0 Å². The number of hydrogen-bond acceptors (Lipinski definition) is 5. The summed E-state index contributed by atoms with van der Waals surface area (Å²) in [6, 6.07) is 14.3. The first kappa shape index (κ1) is 24.1. The molecule has 0 aliphatic heterocycles. The number of nitrogens with zero attached hydrogens (tertiary/aromatic N) is 3. The van der Waals surface area contributed by atoms with Crippen molar-refractivity contribution in [3.8, 4) is 22.6 Å². The number of hydrogen-bond donors (Lipinski definition) is 1. The molecule has 0 saturated heterocycles. The van der Waals surface area contributed by atoms with Gasteiger partial charge in [0.25, 0.3) is 5.56 Å². The van der Waals surface area contributed by atoms with Gasteiger partial charge in [-0.3, -0.25) is 4.79 Å². The van der Waals surface area contributed by atoms with Crippen LogP contribution >= 0.6 is 0 Å². The Hall–Kier alpha value is -4.66. The van der Waals surface area contributed by atoms with Gasteiger partial charge in [-0.25, -0.2) is 18.2 Å². The number of anilines is 1. The maximum atomic E-state index is 14.4. The van der Waals surface area contributed by atoms with Crippen molar-refractivity contribution < 1.29 is 17.9 Å². The number of rotatable bonds is 5. The number of benzene rings is 3. The zero-order valence-electron chi connectivity index (χ0n) is 19.9. The Labute approximate surface area is 209 Å². The molecule has 3 aromatic carbocycles. The number of nitrogen functional groups attached to an aromatic ring is 1. The Kier molecular flexibility index (Phi) is 6.12. The summed E-state index contributed by atoms with van der Waals surface area (Å²) < 4.78 is 49.9. The van der Waals surface area contributed by atoms with Crippen molar-refractivity contribution in [3.05, 3.63) is 112 Å². The van der Waals surface area contributed by atoms with Crippen molar-refractivity contribution in [3.63, 3.8) is 0 Å². The van der Waals surface area contributed by atoms with E-state index in [4.69, 9.17) is 10.5 Å². The van der Waals surface area contributed by atoms with E-state index < -0.39 is 29.1 Å². The molecular weight excluding hydrogens is 481 g/mol. The fourth-order valence-electron chi connectivity index (χ4n) is 4.35. The molecule has 37 heavy (non-hydrogen) atoms. The Morgan fingerprint density at radius 1 is 0.973 bits per heavy atom. The molecule has 5 rings (SSSR count). The second-order valence-electron chi connectivity index (χ2n) is 8.60. The molecule has 0 aliphatic carbocycles. The van der Waals surface area contributed by atoms with E-state index in [1.54, 1.807) is 30.5 Å². The second kappa shape index (κ2) is 9.42. The molecule has 5 aromatic rings. The molecule has 0 saturated carbocycles. The predicted molar refractivity (Wildman–Crippen MR) is 135 cm³/mol. The first-order valence-corrected chi connectivity index (χ1v) is 11.4.